The highest BCUT2D eigenvalue weighted by Gasteiger charge is 2.16. The number of aromatic amines is 1. The molecule has 0 atom stereocenters. The molecule has 0 amide bonds. The zero-order valence-electron chi connectivity index (χ0n) is 12.8. The third-order valence-corrected chi connectivity index (χ3v) is 4.82. The van der Waals surface area contributed by atoms with Crippen molar-refractivity contribution in [1.82, 2.24) is 4.98 Å². The van der Waals surface area contributed by atoms with Crippen molar-refractivity contribution in [2.45, 2.75) is 0 Å². The van der Waals surface area contributed by atoms with Crippen LogP contribution in [0.3, 0.4) is 0 Å². The van der Waals surface area contributed by atoms with E-state index in [1.807, 2.05) is 54.6 Å². The first-order valence-electron chi connectivity index (χ1n) is 7.64. The van der Waals surface area contributed by atoms with E-state index in [1.54, 1.807) is 0 Å². The first-order valence-corrected chi connectivity index (χ1v) is 8.43. The number of aromatic nitrogens is 1. The topological polar surface area (TPSA) is 39.6 Å². The second-order valence-electron chi connectivity index (χ2n) is 5.59. The zero-order chi connectivity index (χ0) is 16.5. The number of rotatable bonds is 2. The quantitative estimate of drug-likeness (QED) is 0.451. The Labute approximate surface area is 148 Å². The number of fused-ring (bicyclic) bond motifs is 1. The van der Waals surface area contributed by atoms with Crippen molar-refractivity contribution in [3.63, 3.8) is 0 Å². The highest BCUT2D eigenvalue weighted by Crippen LogP contribution is 2.40. The monoisotopic (exact) mass is 372 g/mol. The van der Waals surface area contributed by atoms with Crippen LogP contribution in [0.1, 0.15) is 5.56 Å². The van der Waals surface area contributed by atoms with Gasteiger partial charge in [-0.2, -0.15) is 5.26 Å². The van der Waals surface area contributed by atoms with Gasteiger partial charge in [-0.1, -0.05) is 64.5 Å². The van der Waals surface area contributed by atoms with Gasteiger partial charge < -0.3 is 4.98 Å². The molecule has 1 aromatic heterocycles. The Bertz CT molecular complexity index is 1070. The molecular formula is C21H13BrN2. The van der Waals surface area contributed by atoms with Crippen LogP contribution in [-0.4, -0.2) is 4.98 Å². The van der Waals surface area contributed by atoms with Crippen LogP contribution in [-0.2, 0) is 0 Å². The number of nitriles is 1. The SMILES string of the molecule is N#Cc1ccc2[nH]c(-c3ccccc3Br)c(-c3ccccc3)c2c1. The van der Waals surface area contributed by atoms with E-state index >= 15 is 0 Å². The van der Waals surface area contributed by atoms with E-state index in [1.165, 1.54) is 0 Å². The smallest absolute Gasteiger partial charge is 0.0991 e. The molecule has 3 heteroatoms. The van der Waals surface area contributed by atoms with Crippen molar-refractivity contribution in [2.24, 2.45) is 0 Å². The molecule has 4 rings (SSSR count). The maximum Gasteiger partial charge on any atom is 0.0991 e. The number of hydrogen-bond donors (Lipinski definition) is 1. The summed E-state index contributed by atoms with van der Waals surface area (Å²) in [5, 5.41) is 10.3. The second-order valence-corrected chi connectivity index (χ2v) is 6.45. The minimum absolute atomic E-state index is 0.664. The molecule has 24 heavy (non-hydrogen) atoms. The Morgan fingerprint density at radius 3 is 2.38 bits per heavy atom. The first kappa shape index (κ1) is 14.7. The van der Waals surface area contributed by atoms with Gasteiger partial charge in [0.2, 0.25) is 0 Å². The molecule has 0 aliphatic rings. The molecule has 0 saturated heterocycles. The van der Waals surface area contributed by atoms with Crippen LogP contribution in [0.2, 0.25) is 0 Å². The van der Waals surface area contributed by atoms with Gasteiger partial charge in [-0.15, -0.1) is 0 Å². The maximum atomic E-state index is 9.26. The summed E-state index contributed by atoms with van der Waals surface area (Å²) in [4.78, 5) is 3.53. The van der Waals surface area contributed by atoms with Gasteiger partial charge in [-0.05, 0) is 29.8 Å². The van der Waals surface area contributed by atoms with Crippen molar-refractivity contribution >= 4 is 26.8 Å². The van der Waals surface area contributed by atoms with Crippen LogP contribution in [0.25, 0.3) is 33.3 Å². The number of benzene rings is 3. The highest BCUT2D eigenvalue weighted by atomic mass is 79.9. The summed E-state index contributed by atoms with van der Waals surface area (Å²) in [6.45, 7) is 0. The lowest BCUT2D eigenvalue weighted by Gasteiger charge is -2.07. The molecule has 0 saturated carbocycles. The summed E-state index contributed by atoms with van der Waals surface area (Å²) in [5.74, 6) is 0. The van der Waals surface area contributed by atoms with Crippen LogP contribution >= 0.6 is 15.9 Å². The van der Waals surface area contributed by atoms with Crippen molar-refractivity contribution < 1.29 is 0 Å². The van der Waals surface area contributed by atoms with Gasteiger partial charge in [0.1, 0.15) is 0 Å². The van der Waals surface area contributed by atoms with Gasteiger partial charge in [-0.3, -0.25) is 0 Å². The largest absolute Gasteiger partial charge is 0.354 e. The van der Waals surface area contributed by atoms with Crippen molar-refractivity contribution in [2.75, 3.05) is 0 Å². The summed E-state index contributed by atoms with van der Waals surface area (Å²) in [7, 11) is 0. The molecule has 0 aliphatic carbocycles. The molecule has 1 heterocycles. The molecule has 3 aromatic carbocycles. The fraction of sp³-hybridized carbons (Fsp3) is 0. The summed E-state index contributed by atoms with van der Waals surface area (Å²) >= 11 is 3.65. The van der Waals surface area contributed by atoms with E-state index < -0.39 is 0 Å². The summed E-state index contributed by atoms with van der Waals surface area (Å²) in [6.07, 6.45) is 0. The summed E-state index contributed by atoms with van der Waals surface area (Å²) in [6, 6.07) is 26.4. The molecular weight excluding hydrogens is 360 g/mol. The minimum atomic E-state index is 0.664. The molecule has 0 unspecified atom stereocenters. The fourth-order valence-corrected chi connectivity index (χ4v) is 3.52. The predicted molar refractivity (Wildman–Crippen MR) is 102 cm³/mol. The predicted octanol–water partition coefficient (Wildman–Crippen LogP) is 6.14. The Morgan fingerprint density at radius 2 is 1.62 bits per heavy atom. The first-order chi connectivity index (χ1) is 11.8. The van der Waals surface area contributed by atoms with Crippen LogP contribution in [0, 0.1) is 11.3 Å². The van der Waals surface area contributed by atoms with Crippen LogP contribution in [0.4, 0.5) is 0 Å². The highest BCUT2D eigenvalue weighted by molar-refractivity contribution is 9.10. The van der Waals surface area contributed by atoms with Crippen LogP contribution < -0.4 is 0 Å². The number of hydrogen-bond acceptors (Lipinski definition) is 1. The van der Waals surface area contributed by atoms with Crippen molar-refractivity contribution in [3.8, 4) is 28.5 Å². The lowest BCUT2D eigenvalue weighted by atomic mass is 9.98. The molecule has 4 aromatic rings. The molecule has 114 valence electrons. The minimum Gasteiger partial charge on any atom is -0.354 e. The third-order valence-electron chi connectivity index (χ3n) is 4.13. The van der Waals surface area contributed by atoms with Gasteiger partial charge >= 0.3 is 0 Å². The van der Waals surface area contributed by atoms with Gasteiger partial charge in [-0.25, -0.2) is 0 Å². The van der Waals surface area contributed by atoms with E-state index in [0.29, 0.717) is 5.56 Å². The molecule has 0 spiro atoms. The number of nitrogens with one attached hydrogen (secondary N) is 1. The molecule has 2 nitrogen and oxygen atoms in total. The average Bonchev–Trinajstić information content (AvgIpc) is 3.01. The van der Waals surface area contributed by atoms with Gasteiger partial charge in [0, 0.05) is 26.5 Å². The van der Waals surface area contributed by atoms with E-state index in [-0.39, 0.29) is 0 Å². The fourth-order valence-electron chi connectivity index (χ4n) is 3.03. The second kappa shape index (κ2) is 5.99. The van der Waals surface area contributed by atoms with E-state index in [4.69, 9.17) is 0 Å². The van der Waals surface area contributed by atoms with Gasteiger partial charge in [0.25, 0.3) is 0 Å². The average molecular weight is 373 g/mol. The Kier molecular flexibility index (Phi) is 3.68. The number of halogens is 1. The lowest BCUT2D eigenvalue weighted by Crippen LogP contribution is -1.84. The molecule has 0 aliphatic heterocycles. The normalized spacial score (nSPS) is 10.7. The third kappa shape index (κ3) is 2.42. The Balaban J connectivity index is 2.11. The summed E-state index contributed by atoms with van der Waals surface area (Å²) in [5.41, 5.74) is 6.10. The van der Waals surface area contributed by atoms with E-state index in [2.05, 4.69) is 45.2 Å². The van der Waals surface area contributed by atoms with Crippen molar-refractivity contribution in [3.05, 3.63) is 82.8 Å². The summed E-state index contributed by atoms with van der Waals surface area (Å²) < 4.78 is 1.04. The standard InChI is InChI=1S/C21H13BrN2/c22-18-9-5-4-8-16(18)21-20(15-6-2-1-3-7-15)17-12-14(13-23)10-11-19(17)24-21/h1-12,24H. The van der Waals surface area contributed by atoms with Crippen LogP contribution in [0.15, 0.2) is 77.3 Å². The molecule has 0 fully saturated rings. The molecule has 0 bridgehead atoms. The Hall–Kier alpha value is -2.83. The number of H-pyrrole nitrogens is 1. The van der Waals surface area contributed by atoms with E-state index in [9.17, 15) is 5.26 Å². The lowest BCUT2D eigenvalue weighted by molar-refractivity contribution is 1.43. The van der Waals surface area contributed by atoms with Crippen LogP contribution in [0.5, 0.6) is 0 Å². The van der Waals surface area contributed by atoms with Gasteiger partial charge in [0.05, 0.1) is 17.3 Å². The maximum absolute atomic E-state index is 9.26. The zero-order valence-corrected chi connectivity index (χ0v) is 14.3. The van der Waals surface area contributed by atoms with E-state index in [0.717, 1.165) is 37.8 Å². The Morgan fingerprint density at radius 1 is 0.875 bits per heavy atom. The molecule has 1 N–H and O–H groups in total. The molecule has 0 radical (unpaired) electrons. The van der Waals surface area contributed by atoms with Gasteiger partial charge in [0.15, 0.2) is 0 Å². The van der Waals surface area contributed by atoms with Crippen molar-refractivity contribution in [1.29, 1.82) is 5.26 Å². The number of nitrogens with zero attached hydrogens (tertiary/aromatic N) is 1.